The molecule has 5 heteroatoms. The average Bonchev–Trinajstić information content (AvgIpc) is 2.27. The van der Waals surface area contributed by atoms with Gasteiger partial charge in [0.05, 0.1) is 11.9 Å². The summed E-state index contributed by atoms with van der Waals surface area (Å²) in [5.41, 5.74) is 0.590. The van der Waals surface area contributed by atoms with Crippen molar-refractivity contribution in [1.82, 2.24) is 9.88 Å². The minimum Gasteiger partial charge on any atom is -0.491 e. The fourth-order valence-electron chi connectivity index (χ4n) is 1.08. The monoisotopic (exact) mass is 236 g/mol. The summed E-state index contributed by atoms with van der Waals surface area (Å²) in [6.45, 7) is 1.43. The number of rotatable bonds is 6. The zero-order chi connectivity index (χ0) is 12.7. The van der Waals surface area contributed by atoms with E-state index in [1.165, 1.54) is 6.08 Å². The number of aromatic nitrogens is 1. The lowest BCUT2D eigenvalue weighted by atomic mass is 10.3. The van der Waals surface area contributed by atoms with Gasteiger partial charge in [0, 0.05) is 12.6 Å². The number of hydrogen-bond acceptors (Lipinski definition) is 4. The minimum atomic E-state index is -0.988. The van der Waals surface area contributed by atoms with Gasteiger partial charge in [0.1, 0.15) is 12.4 Å². The normalized spacial score (nSPS) is 11.0. The number of carboxylic acids is 1. The molecular weight excluding hydrogens is 220 g/mol. The molecule has 0 aliphatic rings. The van der Waals surface area contributed by atoms with Crippen molar-refractivity contribution < 1.29 is 14.6 Å². The van der Waals surface area contributed by atoms with Crippen molar-refractivity contribution in [2.75, 3.05) is 27.2 Å². The molecule has 1 aromatic rings. The summed E-state index contributed by atoms with van der Waals surface area (Å²) in [7, 11) is 3.95. The molecule has 0 amide bonds. The smallest absolute Gasteiger partial charge is 0.328 e. The number of carbonyl (C=O) groups is 1. The highest BCUT2D eigenvalue weighted by molar-refractivity contribution is 5.84. The summed E-state index contributed by atoms with van der Waals surface area (Å²) in [6.07, 6.45) is 4.07. The zero-order valence-electron chi connectivity index (χ0n) is 9.96. The predicted octanol–water partition coefficient (Wildman–Crippen LogP) is 1.12. The lowest BCUT2D eigenvalue weighted by Crippen LogP contribution is -2.19. The molecule has 0 atom stereocenters. The quantitative estimate of drug-likeness (QED) is 0.750. The maximum absolute atomic E-state index is 10.3. The molecule has 5 nitrogen and oxygen atoms in total. The van der Waals surface area contributed by atoms with E-state index in [1.807, 2.05) is 19.0 Å². The van der Waals surface area contributed by atoms with Crippen molar-refractivity contribution in [2.45, 2.75) is 0 Å². The first-order chi connectivity index (χ1) is 8.08. The van der Waals surface area contributed by atoms with Crippen molar-refractivity contribution in [3.05, 3.63) is 30.1 Å². The third kappa shape index (κ3) is 5.67. The van der Waals surface area contributed by atoms with Crippen LogP contribution in [0.3, 0.4) is 0 Å². The Balaban J connectivity index is 2.47. The molecule has 0 radical (unpaired) electrons. The number of pyridine rings is 1. The van der Waals surface area contributed by atoms with Crippen LogP contribution >= 0.6 is 0 Å². The van der Waals surface area contributed by atoms with Crippen LogP contribution in [-0.2, 0) is 4.79 Å². The molecule has 0 aromatic carbocycles. The largest absolute Gasteiger partial charge is 0.491 e. The van der Waals surface area contributed by atoms with Crippen molar-refractivity contribution in [1.29, 1.82) is 0 Å². The molecule has 1 rings (SSSR count). The first-order valence-electron chi connectivity index (χ1n) is 5.22. The highest BCUT2D eigenvalue weighted by Gasteiger charge is 1.96. The van der Waals surface area contributed by atoms with E-state index in [2.05, 4.69) is 4.98 Å². The fourth-order valence-corrected chi connectivity index (χ4v) is 1.08. The van der Waals surface area contributed by atoms with Gasteiger partial charge >= 0.3 is 5.97 Å². The fraction of sp³-hybridized carbons (Fsp3) is 0.333. The molecule has 1 aromatic heterocycles. The summed E-state index contributed by atoms with van der Waals surface area (Å²) in [4.78, 5) is 16.4. The number of carboxylic acid groups (broad SMARTS) is 1. The van der Waals surface area contributed by atoms with Gasteiger partial charge in [0.25, 0.3) is 0 Å². The number of likely N-dealkylation sites (N-methyl/N-ethyl adjacent to an activating group) is 1. The molecule has 0 saturated heterocycles. The van der Waals surface area contributed by atoms with Crippen LogP contribution in [0.2, 0.25) is 0 Å². The molecule has 0 saturated carbocycles. The van der Waals surface area contributed by atoms with Gasteiger partial charge < -0.3 is 14.7 Å². The standard InChI is InChI=1S/C12H16N2O3/c1-14(2)7-8-17-11-5-3-10(13-9-11)4-6-12(15)16/h3-6,9H,7-8H2,1-2H3,(H,15,16). The van der Waals surface area contributed by atoms with Gasteiger partial charge in [-0.1, -0.05) is 0 Å². The molecule has 92 valence electrons. The van der Waals surface area contributed by atoms with Crippen molar-refractivity contribution >= 4 is 12.0 Å². The van der Waals surface area contributed by atoms with Gasteiger partial charge in [0.15, 0.2) is 0 Å². The predicted molar refractivity (Wildman–Crippen MR) is 65.0 cm³/mol. The molecule has 0 aliphatic heterocycles. The molecule has 0 spiro atoms. The molecule has 17 heavy (non-hydrogen) atoms. The van der Waals surface area contributed by atoms with Crippen LogP contribution < -0.4 is 4.74 Å². The topological polar surface area (TPSA) is 62.7 Å². The van der Waals surface area contributed by atoms with Gasteiger partial charge in [-0.3, -0.25) is 4.98 Å². The van der Waals surface area contributed by atoms with Crippen molar-refractivity contribution in [3.8, 4) is 5.75 Å². The Morgan fingerprint density at radius 2 is 2.29 bits per heavy atom. The summed E-state index contributed by atoms with van der Waals surface area (Å²) >= 11 is 0. The van der Waals surface area contributed by atoms with Gasteiger partial charge in [-0.25, -0.2) is 4.79 Å². The molecular formula is C12H16N2O3. The second kappa shape index (κ2) is 6.65. The number of aliphatic carboxylic acids is 1. The number of hydrogen-bond donors (Lipinski definition) is 1. The van der Waals surface area contributed by atoms with Crippen molar-refractivity contribution in [3.63, 3.8) is 0 Å². The molecule has 1 N–H and O–H groups in total. The van der Waals surface area contributed by atoms with Crippen LogP contribution in [-0.4, -0.2) is 48.2 Å². The van der Waals surface area contributed by atoms with Gasteiger partial charge in [-0.05, 0) is 32.3 Å². The van der Waals surface area contributed by atoms with Crippen LogP contribution in [0, 0.1) is 0 Å². The average molecular weight is 236 g/mol. The Morgan fingerprint density at radius 3 is 2.82 bits per heavy atom. The van der Waals surface area contributed by atoms with Crippen LogP contribution in [0.5, 0.6) is 5.75 Å². The second-order valence-electron chi connectivity index (χ2n) is 3.74. The Kier molecular flexibility index (Phi) is 5.16. The Morgan fingerprint density at radius 1 is 1.53 bits per heavy atom. The van der Waals surface area contributed by atoms with Gasteiger partial charge in [-0.2, -0.15) is 0 Å². The maximum atomic E-state index is 10.3. The Bertz CT molecular complexity index is 385. The first kappa shape index (κ1) is 13.2. The minimum absolute atomic E-state index is 0.590. The highest BCUT2D eigenvalue weighted by Crippen LogP contribution is 2.09. The van der Waals surface area contributed by atoms with E-state index in [-0.39, 0.29) is 0 Å². The third-order valence-electron chi connectivity index (χ3n) is 1.96. The van der Waals surface area contributed by atoms with Crippen LogP contribution in [0.25, 0.3) is 6.08 Å². The first-order valence-corrected chi connectivity index (χ1v) is 5.22. The Labute approximate surface area is 100 Å². The van der Waals surface area contributed by atoms with E-state index in [0.29, 0.717) is 18.1 Å². The zero-order valence-corrected chi connectivity index (χ0v) is 9.96. The van der Waals surface area contributed by atoms with E-state index in [9.17, 15) is 4.79 Å². The van der Waals surface area contributed by atoms with Crippen LogP contribution in [0.4, 0.5) is 0 Å². The molecule has 0 bridgehead atoms. The van der Waals surface area contributed by atoms with E-state index in [0.717, 1.165) is 12.6 Å². The molecule has 0 fully saturated rings. The lowest BCUT2D eigenvalue weighted by Gasteiger charge is -2.10. The highest BCUT2D eigenvalue weighted by atomic mass is 16.5. The van der Waals surface area contributed by atoms with Crippen LogP contribution in [0.1, 0.15) is 5.69 Å². The number of nitrogens with zero attached hydrogens (tertiary/aromatic N) is 2. The molecule has 1 heterocycles. The van der Waals surface area contributed by atoms with Gasteiger partial charge in [0.2, 0.25) is 0 Å². The Hall–Kier alpha value is -1.88. The van der Waals surface area contributed by atoms with Crippen molar-refractivity contribution in [2.24, 2.45) is 0 Å². The summed E-state index contributed by atoms with van der Waals surface area (Å²) in [5.74, 6) is -0.308. The summed E-state index contributed by atoms with van der Waals surface area (Å²) in [6, 6.07) is 3.48. The van der Waals surface area contributed by atoms with E-state index in [1.54, 1.807) is 18.3 Å². The van der Waals surface area contributed by atoms with Gasteiger partial charge in [-0.15, -0.1) is 0 Å². The van der Waals surface area contributed by atoms with E-state index in [4.69, 9.17) is 9.84 Å². The van der Waals surface area contributed by atoms with E-state index >= 15 is 0 Å². The summed E-state index contributed by atoms with van der Waals surface area (Å²) in [5, 5.41) is 8.45. The molecule has 0 unspecified atom stereocenters. The SMILES string of the molecule is CN(C)CCOc1ccc(C=CC(=O)O)nc1. The van der Waals surface area contributed by atoms with E-state index < -0.39 is 5.97 Å². The third-order valence-corrected chi connectivity index (χ3v) is 1.96. The van der Waals surface area contributed by atoms with Crippen LogP contribution in [0.15, 0.2) is 24.4 Å². The molecule has 0 aliphatic carbocycles. The maximum Gasteiger partial charge on any atom is 0.328 e. The second-order valence-corrected chi connectivity index (χ2v) is 3.74. The summed E-state index contributed by atoms with van der Waals surface area (Å²) < 4.78 is 5.45. The lowest BCUT2D eigenvalue weighted by molar-refractivity contribution is -0.131. The number of ether oxygens (including phenoxy) is 1.